The number of benzene rings is 1. The number of rotatable bonds is 5. The van der Waals surface area contributed by atoms with E-state index < -0.39 is 17.8 Å². The summed E-state index contributed by atoms with van der Waals surface area (Å²) in [5.74, 6) is -2.50. The van der Waals surface area contributed by atoms with Gasteiger partial charge in [-0.2, -0.15) is 0 Å². The van der Waals surface area contributed by atoms with Crippen molar-refractivity contribution in [3.8, 4) is 5.75 Å². The van der Waals surface area contributed by atoms with E-state index in [1.165, 1.54) is 11.8 Å². The number of amides is 1. The van der Waals surface area contributed by atoms with Gasteiger partial charge in [0.1, 0.15) is 11.7 Å². The Morgan fingerprint density at radius 1 is 1.32 bits per heavy atom. The molecule has 0 bridgehead atoms. The molecule has 0 heterocycles. The van der Waals surface area contributed by atoms with E-state index in [1.54, 1.807) is 31.2 Å². The highest BCUT2D eigenvalue weighted by atomic mass is 16.4. The summed E-state index contributed by atoms with van der Waals surface area (Å²) in [6.45, 7) is 5.40. The van der Waals surface area contributed by atoms with Gasteiger partial charge in [0, 0.05) is 6.54 Å². The zero-order chi connectivity index (χ0) is 14.6. The molecule has 2 unspecified atom stereocenters. The van der Waals surface area contributed by atoms with Crippen LogP contribution in [0.15, 0.2) is 24.3 Å². The minimum Gasteiger partial charge on any atom is -0.508 e. The highest BCUT2D eigenvalue weighted by molar-refractivity contribution is 5.96. The van der Waals surface area contributed by atoms with Crippen LogP contribution in [0.1, 0.15) is 32.4 Å². The number of carboxylic acids is 1. The van der Waals surface area contributed by atoms with Crippen molar-refractivity contribution < 1.29 is 19.8 Å². The molecule has 1 aromatic rings. The average Bonchev–Trinajstić information content (AvgIpc) is 2.38. The topological polar surface area (TPSA) is 77.8 Å². The van der Waals surface area contributed by atoms with Gasteiger partial charge < -0.3 is 15.1 Å². The van der Waals surface area contributed by atoms with E-state index in [0.29, 0.717) is 6.54 Å². The molecule has 2 atom stereocenters. The fourth-order valence-corrected chi connectivity index (χ4v) is 1.94. The fraction of sp³-hybridized carbons (Fsp3) is 0.429. The van der Waals surface area contributed by atoms with E-state index in [0.717, 1.165) is 5.56 Å². The molecular formula is C14H19NO4. The van der Waals surface area contributed by atoms with Gasteiger partial charge in [0.2, 0.25) is 5.91 Å². The lowest BCUT2D eigenvalue weighted by atomic mass is 10.0. The van der Waals surface area contributed by atoms with E-state index in [-0.39, 0.29) is 11.8 Å². The number of carboxylic acid groups (broad SMARTS) is 1. The van der Waals surface area contributed by atoms with Gasteiger partial charge in [-0.1, -0.05) is 12.1 Å². The van der Waals surface area contributed by atoms with Crippen LogP contribution in [-0.2, 0) is 9.59 Å². The molecule has 104 valence electrons. The number of aromatic hydroxyl groups is 1. The molecule has 0 aliphatic carbocycles. The van der Waals surface area contributed by atoms with Crippen molar-refractivity contribution in [2.24, 2.45) is 5.92 Å². The number of nitrogens with zero attached hydrogens (tertiary/aromatic N) is 1. The first-order valence-corrected chi connectivity index (χ1v) is 6.20. The summed E-state index contributed by atoms with van der Waals surface area (Å²) in [6, 6.07) is 6.33. The molecule has 2 N–H and O–H groups in total. The molecule has 0 spiro atoms. The second-order valence-electron chi connectivity index (χ2n) is 4.46. The van der Waals surface area contributed by atoms with Crippen LogP contribution < -0.4 is 0 Å². The highest BCUT2D eigenvalue weighted by Gasteiger charge is 2.28. The Bertz CT molecular complexity index is 472. The average molecular weight is 265 g/mol. The molecule has 1 amide bonds. The number of phenolic OH excluding ortho intramolecular Hbond substituents is 1. The zero-order valence-electron chi connectivity index (χ0n) is 11.3. The van der Waals surface area contributed by atoms with Gasteiger partial charge in [-0.05, 0) is 38.5 Å². The number of aliphatic carboxylic acids is 1. The van der Waals surface area contributed by atoms with Gasteiger partial charge in [-0.15, -0.1) is 0 Å². The summed E-state index contributed by atoms with van der Waals surface area (Å²) in [5.41, 5.74) is 0.771. The Labute approximate surface area is 112 Å². The molecular weight excluding hydrogens is 246 g/mol. The minimum atomic E-state index is -1.13. The van der Waals surface area contributed by atoms with Crippen molar-refractivity contribution in [3.05, 3.63) is 29.8 Å². The van der Waals surface area contributed by atoms with Crippen molar-refractivity contribution in [2.75, 3.05) is 6.54 Å². The first-order chi connectivity index (χ1) is 8.88. The quantitative estimate of drug-likeness (QED) is 0.798. The maximum atomic E-state index is 12.1. The normalized spacial score (nSPS) is 13.6. The number of carbonyl (C=O) groups is 2. The molecule has 0 saturated heterocycles. The molecule has 1 aromatic carbocycles. The molecule has 19 heavy (non-hydrogen) atoms. The largest absolute Gasteiger partial charge is 0.508 e. The minimum absolute atomic E-state index is 0.124. The molecule has 0 radical (unpaired) electrons. The van der Waals surface area contributed by atoms with Crippen molar-refractivity contribution >= 4 is 11.9 Å². The van der Waals surface area contributed by atoms with Gasteiger partial charge in [-0.3, -0.25) is 9.59 Å². The second-order valence-corrected chi connectivity index (χ2v) is 4.46. The maximum absolute atomic E-state index is 12.1. The Hall–Kier alpha value is -2.04. The predicted octanol–water partition coefficient (Wildman–Crippen LogP) is 2.02. The van der Waals surface area contributed by atoms with E-state index in [9.17, 15) is 14.7 Å². The van der Waals surface area contributed by atoms with Crippen molar-refractivity contribution in [2.45, 2.75) is 26.8 Å². The van der Waals surface area contributed by atoms with E-state index in [1.807, 2.05) is 6.92 Å². The van der Waals surface area contributed by atoms with Gasteiger partial charge >= 0.3 is 5.97 Å². The van der Waals surface area contributed by atoms with Crippen LogP contribution in [0.5, 0.6) is 5.75 Å². The Kier molecular flexibility index (Phi) is 4.92. The van der Waals surface area contributed by atoms with Crippen LogP contribution in [0.4, 0.5) is 0 Å². The Balaban J connectivity index is 2.97. The second kappa shape index (κ2) is 6.22. The molecule has 0 fully saturated rings. The lowest BCUT2D eigenvalue weighted by Crippen LogP contribution is -2.39. The number of phenols is 1. The molecule has 5 heteroatoms. The molecule has 1 rings (SSSR count). The lowest BCUT2D eigenvalue weighted by Gasteiger charge is -2.30. The molecule has 0 aliphatic heterocycles. The summed E-state index contributed by atoms with van der Waals surface area (Å²) in [6.07, 6.45) is 0. The summed E-state index contributed by atoms with van der Waals surface area (Å²) in [4.78, 5) is 24.5. The molecule has 0 saturated carbocycles. The van der Waals surface area contributed by atoms with E-state index >= 15 is 0 Å². The van der Waals surface area contributed by atoms with Gasteiger partial charge in [0.05, 0.1) is 6.04 Å². The fourth-order valence-electron chi connectivity index (χ4n) is 1.94. The SMILES string of the molecule is CCN(C(=O)C(C)C(=O)O)C(C)c1cccc(O)c1. The summed E-state index contributed by atoms with van der Waals surface area (Å²) >= 11 is 0. The number of carbonyl (C=O) groups excluding carboxylic acids is 1. The summed E-state index contributed by atoms with van der Waals surface area (Å²) in [7, 11) is 0. The zero-order valence-corrected chi connectivity index (χ0v) is 11.3. The number of hydrogen-bond acceptors (Lipinski definition) is 3. The maximum Gasteiger partial charge on any atom is 0.315 e. The van der Waals surface area contributed by atoms with Crippen molar-refractivity contribution in [1.29, 1.82) is 0 Å². The van der Waals surface area contributed by atoms with Gasteiger partial charge in [0.15, 0.2) is 0 Å². The standard InChI is InChI=1S/C14H19NO4/c1-4-15(13(17)9(2)14(18)19)10(3)11-6-5-7-12(16)8-11/h5-10,16H,4H2,1-3H3,(H,18,19). The van der Waals surface area contributed by atoms with E-state index in [2.05, 4.69) is 0 Å². The van der Waals surface area contributed by atoms with Crippen LogP contribution in [-0.4, -0.2) is 33.5 Å². The third-order valence-electron chi connectivity index (χ3n) is 3.18. The predicted molar refractivity (Wildman–Crippen MR) is 70.7 cm³/mol. The van der Waals surface area contributed by atoms with Crippen LogP contribution >= 0.6 is 0 Å². The first-order valence-electron chi connectivity index (χ1n) is 6.20. The monoisotopic (exact) mass is 265 g/mol. The molecule has 5 nitrogen and oxygen atoms in total. The van der Waals surface area contributed by atoms with Crippen LogP contribution in [0.25, 0.3) is 0 Å². The third kappa shape index (κ3) is 3.47. The number of hydrogen-bond donors (Lipinski definition) is 2. The van der Waals surface area contributed by atoms with Crippen LogP contribution in [0.3, 0.4) is 0 Å². The first kappa shape index (κ1) is 15.0. The Morgan fingerprint density at radius 2 is 1.95 bits per heavy atom. The lowest BCUT2D eigenvalue weighted by molar-refractivity contribution is -0.151. The smallest absolute Gasteiger partial charge is 0.315 e. The summed E-state index contributed by atoms with van der Waals surface area (Å²) < 4.78 is 0. The van der Waals surface area contributed by atoms with Gasteiger partial charge in [0.25, 0.3) is 0 Å². The van der Waals surface area contributed by atoms with E-state index in [4.69, 9.17) is 5.11 Å². The van der Waals surface area contributed by atoms with Gasteiger partial charge in [-0.25, -0.2) is 0 Å². The highest BCUT2D eigenvalue weighted by Crippen LogP contribution is 2.24. The summed E-state index contributed by atoms with van der Waals surface area (Å²) in [5, 5.41) is 18.4. The molecule has 0 aromatic heterocycles. The molecule has 0 aliphatic rings. The van der Waals surface area contributed by atoms with Crippen LogP contribution in [0.2, 0.25) is 0 Å². The Morgan fingerprint density at radius 3 is 2.42 bits per heavy atom. The van der Waals surface area contributed by atoms with Crippen molar-refractivity contribution in [1.82, 2.24) is 4.90 Å². The third-order valence-corrected chi connectivity index (χ3v) is 3.18. The van der Waals surface area contributed by atoms with Crippen LogP contribution in [0, 0.1) is 5.92 Å². The van der Waals surface area contributed by atoms with Crippen molar-refractivity contribution in [3.63, 3.8) is 0 Å².